The molecule has 0 aromatic rings. The van der Waals surface area contributed by atoms with E-state index in [2.05, 4.69) is 32.6 Å². The molecule has 0 saturated carbocycles. The van der Waals surface area contributed by atoms with Gasteiger partial charge in [-0.2, -0.15) is 0 Å². The fourth-order valence-corrected chi connectivity index (χ4v) is 9.06. The third-order valence-corrected chi connectivity index (χ3v) is 13.6. The molecule has 0 bridgehead atoms. The van der Waals surface area contributed by atoms with Crippen LogP contribution in [0, 0.1) is 5.41 Å². The number of hydrogen-bond donors (Lipinski definition) is 0. The average molecular weight is 910 g/mol. The lowest BCUT2D eigenvalue weighted by Crippen LogP contribution is -2.42. The maximum absolute atomic E-state index is 13.2. The van der Waals surface area contributed by atoms with Crippen LogP contribution in [0.25, 0.3) is 0 Å². The molecule has 1 rings (SSSR count). The quantitative estimate of drug-likeness (QED) is 0.0336. The highest BCUT2D eigenvalue weighted by molar-refractivity contribution is 5.69. The zero-order valence-electron chi connectivity index (χ0n) is 43.2. The van der Waals surface area contributed by atoms with E-state index in [1.807, 2.05) is 0 Å². The maximum Gasteiger partial charge on any atom is 0.305 e. The summed E-state index contributed by atoms with van der Waals surface area (Å²) in [6.45, 7) is 15.9. The van der Waals surface area contributed by atoms with Gasteiger partial charge in [-0.25, -0.2) is 0 Å². The molecule has 0 aromatic carbocycles. The lowest BCUT2D eigenvalue weighted by molar-refractivity contribution is -0.160. The molecule has 0 aromatic heterocycles. The first kappa shape index (κ1) is 60.8. The Balaban J connectivity index is 2.70. The first-order valence-electron chi connectivity index (χ1n) is 27.8. The smallest absolute Gasteiger partial charge is 0.305 e. The highest BCUT2D eigenvalue weighted by atomic mass is 16.7. The molecule has 64 heavy (non-hydrogen) atoms. The number of likely N-dealkylation sites (tertiary alicyclic amines) is 1. The van der Waals surface area contributed by atoms with Gasteiger partial charge in [0.2, 0.25) is 0 Å². The number of unbranched alkanes of at least 4 members (excludes halogenated alkanes) is 22. The van der Waals surface area contributed by atoms with Crippen molar-refractivity contribution in [2.24, 2.45) is 5.41 Å². The second kappa shape index (κ2) is 45.5. The van der Waals surface area contributed by atoms with Gasteiger partial charge in [0.25, 0.3) is 0 Å². The van der Waals surface area contributed by atoms with Crippen molar-refractivity contribution in [3.8, 4) is 0 Å². The van der Waals surface area contributed by atoms with Crippen LogP contribution >= 0.6 is 0 Å². The topological polar surface area (TPSA) is 92.8 Å². The normalized spacial score (nSPS) is 14.7. The molecule has 1 saturated heterocycles. The van der Waals surface area contributed by atoms with Crippen molar-refractivity contribution in [2.75, 3.05) is 66.4 Å². The second-order valence-corrected chi connectivity index (χ2v) is 19.4. The van der Waals surface area contributed by atoms with Crippen molar-refractivity contribution in [1.29, 1.82) is 0 Å². The van der Waals surface area contributed by atoms with E-state index in [1.165, 1.54) is 141 Å². The van der Waals surface area contributed by atoms with E-state index in [9.17, 15) is 9.59 Å². The van der Waals surface area contributed by atoms with E-state index in [1.54, 1.807) is 7.11 Å². The summed E-state index contributed by atoms with van der Waals surface area (Å²) < 4.78 is 35.9. The van der Waals surface area contributed by atoms with Crippen LogP contribution in [0.5, 0.6) is 0 Å². The number of rotatable bonds is 49. The van der Waals surface area contributed by atoms with Crippen molar-refractivity contribution in [2.45, 2.75) is 271 Å². The summed E-state index contributed by atoms with van der Waals surface area (Å²) in [7, 11) is 1.77. The molecule has 9 nitrogen and oxygen atoms in total. The molecule has 1 fully saturated rings. The SMILES string of the molecule is CCCCCCCCCC(CCC(=O)OCCC1(CCOC(=O)CCC(OCCCCCCCC)OCCCCCCCC)CCN(CCCCOC)CC1)OCCCCCCCC. The zero-order chi connectivity index (χ0) is 46.4. The minimum atomic E-state index is -0.365. The summed E-state index contributed by atoms with van der Waals surface area (Å²) in [5.41, 5.74) is -0.0213. The summed E-state index contributed by atoms with van der Waals surface area (Å²) in [6.07, 6.45) is 39.6. The third-order valence-electron chi connectivity index (χ3n) is 13.6. The van der Waals surface area contributed by atoms with Gasteiger partial charge in [0.1, 0.15) is 0 Å². The molecule has 1 unspecified atom stereocenters. The van der Waals surface area contributed by atoms with Crippen LogP contribution < -0.4 is 0 Å². The molecule has 0 spiro atoms. The molecule has 1 aliphatic rings. The van der Waals surface area contributed by atoms with E-state index in [0.717, 1.165) is 103 Å². The Kier molecular flexibility index (Phi) is 43.2. The molecule has 0 radical (unpaired) electrons. The van der Waals surface area contributed by atoms with Crippen molar-refractivity contribution in [3.05, 3.63) is 0 Å². The van der Waals surface area contributed by atoms with E-state index >= 15 is 0 Å². The van der Waals surface area contributed by atoms with Gasteiger partial charge < -0.3 is 33.3 Å². The lowest BCUT2D eigenvalue weighted by atomic mass is 9.73. The summed E-state index contributed by atoms with van der Waals surface area (Å²) in [5.74, 6) is -0.296. The van der Waals surface area contributed by atoms with Crippen LogP contribution in [0.4, 0.5) is 0 Å². The van der Waals surface area contributed by atoms with Crippen LogP contribution in [-0.2, 0) is 38.0 Å². The highest BCUT2D eigenvalue weighted by Crippen LogP contribution is 2.39. The number of piperidine rings is 1. The zero-order valence-corrected chi connectivity index (χ0v) is 43.2. The molecule has 380 valence electrons. The summed E-state index contributed by atoms with van der Waals surface area (Å²) in [6, 6.07) is 0. The van der Waals surface area contributed by atoms with Gasteiger partial charge in [0.05, 0.1) is 25.7 Å². The molecule has 0 N–H and O–H groups in total. The second-order valence-electron chi connectivity index (χ2n) is 19.4. The molecule has 9 heteroatoms. The van der Waals surface area contributed by atoms with Gasteiger partial charge in [-0.1, -0.05) is 169 Å². The first-order chi connectivity index (χ1) is 31.4. The first-order valence-corrected chi connectivity index (χ1v) is 27.8. The fourth-order valence-electron chi connectivity index (χ4n) is 9.06. The van der Waals surface area contributed by atoms with E-state index in [0.29, 0.717) is 45.7 Å². The Morgan fingerprint density at radius 2 is 0.859 bits per heavy atom. The molecule has 1 atom stereocenters. The van der Waals surface area contributed by atoms with E-state index in [4.69, 9.17) is 28.4 Å². The Hall–Kier alpha value is -1.26. The number of carbonyl (C=O) groups is 2. The number of methoxy groups -OCH3 is 1. The third kappa shape index (κ3) is 36.8. The number of nitrogens with zero attached hydrogens (tertiary/aromatic N) is 1. The van der Waals surface area contributed by atoms with Crippen molar-refractivity contribution < 1.29 is 38.0 Å². The van der Waals surface area contributed by atoms with Crippen LogP contribution in [0.1, 0.15) is 259 Å². The van der Waals surface area contributed by atoms with Crippen molar-refractivity contribution in [3.63, 3.8) is 0 Å². The Labute approximate surface area is 396 Å². The molecule has 1 heterocycles. The van der Waals surface area contributed by atoms with Gasteiger partial charge in [-0.3, -0.25) is 9.59 Å². The fraction of sp³-hybridized carbons (Fsp3) is 0.964. The molecule has 1 aliphatic heterocycles. The van der Waals surface area contributed by atoms with Crippen molar-refractivity contribution >= 4 is 11.9 Å². The number of hydrogen-bond acceptors (Lipinski definition) is 9. The predicted molar refractivity (Wildman–Crippen MR) is 267 cm³/mol. The van der Waals surface area contributed by atoms with Gasteiger partial charge in [0, 0.05) is 46.4 Å². The number of carbonyl (C=O) groups excluding carboxylic acids is 2. The van der Waals surface area contributed by atoms with Crippen LogP contribution in [-0.4, -0.2) is 95.6 Å². The Morgan fingerprint density at radius 3 is 1.33 bits per heavy atom. The summed E-state index contributed by atoms with van der Waals surface area (Å²) in [4.78, 5) is 28.9. The molecule has 0 aliphatic carbocycles. The molecular weight excluding hydrogens is 803 g/mol. The average Bonchev–Trinajstić information content (AvgIpc) is 3.30. The maximum atomic E-state index is 13.2. The minimum absolute atomic E-state index is 0.0213. The highest BCUT2D eigenvalue weighted by Gasteiger charge is 2.35. The summed E-state index contributed by atoms with van der Waals surface area (Å²) >= 11 is 0. The molecular formula is C55H107NO8. The Morgan fingerprint density at radius 1 is 0.453 bits per heavy atom. The van der Waals surface area contributed by atoms with E-state index < -0.39 is 0 Å². The summed E-state index contributed by atoms with van der Waals surface area (Å²) in [5, 5.41) is 0. The lowest BCUT2D eigenvalue weighted by Gasteiger charge is -2.42. The number of ether oxygens (including phenoxy) is 6. The van der Waals surface area contributed by atoms with Gasteiger partial charge in [-0.15, -0.1) is 0 Å². The largest absolute Gasteiger partial charge is 0.466 e. The van der Waals surface area contributed by atoms with Gasteiger partial charge in [0.15, 0.2) is 6.29 Å². The standard InChI is InChI=1S/C55H107NO8/c1-6-10-14-18-22-23-27-33-51(60-46-29-24-19-15-11-7-2)34-35-52(57)61-49-40-55(38-43-56(44-39-55)42-28-32-45-59-5)41-50-62-53(58)36-37-54(63-47-30-25-20-16-12-8-3)64-48-31-26-21-17-13-9-4/h51,54H,6-50H2,1-5H3. The van der Waals surface area contributed by atoms with Gasteiger partial charge in [-0.05, 0) is 95.7 Å². The monoisotopic (exact) mass is 910 g/mol. The molecule has 0 amide bonds. The number of esters is 2. The van der Waals surface area contributed by atoms with Crippen LogP contribution in [0.15, 0.2) is 0 Å². The minimum Gasteiger partial charge on any atom is -0.466 e. The van der Waals surface area contributed by atoms with Crippen molar-refractivity contribution in [1.82, 2.24) is 4.90 Å². The van der Waals surface area contributed by atoms with E-state index in [-0.39, 0.29) is 29.7 Å². The van der Waals surface area contributed by atoms with Crippen LogP contribution in [0.3, 0.4) is 0 Å². The van der Waals surface area contributed by atoms with Gasteiger partial charge >= 0.3 is 11.9 Å². The predicted octanol–water partition coefficient (Wildman–Crippen LogP) is 14.9. The Bertz CT molecular complexity index is 905. The van der Waals surface area contributed by atoms with Crippen LogP contribution in [0.2, 0.25) is 0 Å².